The lowest BCUT2D eigenvalue weighted by molar-refractivity contribution is -0.142. The summed E-state index contributed by atoms with van der Waals surface area (Å²) in [6.07, 6.45) is 10.9. The Kier molecular flexibility index (Phi) is 39.9. The van der Waals surface area contributed by atoms with Gasteiger partial charge in [-0.05, 0) is 208 Å². The van der Waals surface area contributed by atoms with Crippen molar-refractivity contribution < 1.29 is 57.8 Å². The van der Waals surface area contributed by atoms with E-state index in [1.54, 1.807) is 18.6 Å². The third-order valence-electron chi connectivity index (χ3n) is 20.1. The number of H-pyrrole nitrogens is 3. The summed E-state index contributed by atoms with van der Waals surface area (Å²) in [5.41, 5.74) is 45.8. The van der Waals surface area contributed by atoms with Gasteiger partial charge in [-0.3, -0.25) is 47.9 Å². The van der Waals surface area contributed by atoms with E-state index in [9.17, 15) is 29.1 Å². The Balaban J connectivity index is 1.31. The summed E-state index contributed by atoms with van der Waals surface area (Å²) in [5, 5.41) is 40.7. The zero-order valence-corrected chi connectivity index (χ0v) is 66.2. The first-order valence-electron chi connectivity index (χ1n) is 40.2. The molecule has 0 fully saturated rings. The SMILES string of the molecule is CC(C)C[C@H](NC(=O)[C@H](Cc1c[nH]c2ccccc12)NC(=O)[C@H](CCCCN)NC(=O)[C@H](CCCCN)NC(=O)[C@H](Cc1c[nH]c2ccccc12)NC(=O)[C@H](CCCCN)NC(=O)[C@H](CCCCN)NC(=O)[C@H](Cc1c[nH]c2ccccc12)NC(=O)[C@H](CC(C)C)NC(=O)[C@@H](N)CCCCN)C(=O)N[C@@H](CCCCN)C(=O)O. The number of nitrogens with two attached hydrogens (primary N) is 7. The first kappa shape index (κ1) is 92.0. The van der Waals surface area contributed by atoms with Gasteiger partial charge in [0, 0.05) is 70.6 Å². The van der Waals surface area contributed by atoms with E-state index in [2.05, 4.69) is 68.1 Å². The molecule has 0 saturated carbocycles. The first-order valence-corrected chi connectivity index (χ1v) is 40.2. The molecule has 32 heteroatoms. The molecule has 0 aliphatic heterocycles. The molecular weight excluding hydrogens is 1450 g/mol. The monoisotopic (exact) mass is 1570 g/mol. The van der Waals surface area contributed by atoms with Crippen molar-refractivity contribution in [3.8, 4) is 0 Å². The van der Waals surface area contributed by atoms with Gasteiger partial charge in [0.2, 0.25) is 59.1 Å². The maximum absolute atomic E-state index is 15.4. The van der Waals surface area contributed by atoms with Gasteiger partial charge in [0.25, 0.3) is 0 Å². The largest absolute Gasteiger partial charge is 0.480 e. The highest BCUT2D eigenvalue weighted by Gasteiger charge is 2.38. The molecule has 10 amide bonds. The summed E-state index contributed by atoms with van der Waals surface area (Å²) in [6.45, 7) is 9.14. The standard InChI is InChI=1S/C81H126N20O12/c1-49(2)41-66(97-71(102)57(88)26-11-17-35-82)77(108)101-69(44-52-47-90-59-28-9-6-24-55(52)59)79(110)95-62(31-13-19-37-84)73(104)92-63(32-14-20-38-85)74(105)99-68(43-51-46-89-58-27-8-5-23-54(51)58)78(109)94-61(30-12-18-36-83)72(103)93-64(33-15-21-39-86)75(106)100-70(45-53-48-91-60-29-10-7-25-56(53)60)80(111)98-67(42-50(3)4)76(107)96-65(81(112)113)34-16-22-40-87/h5-10,23-25,27-29,46-50,57,61-70,89-91H,11-22,26,30-45,82-88H2,1-4H3,(H,92,104)(H,93,103)(H,94,109)(H,95,110)(H,96,107)(H,97,102)(H,98,111)(H,99,105)(H,100,106)(H,101,108)(H,112,113)/t57-,61-,62-,63-,64-,65-,66-,67-,68-,69-,70-/m0/s1. The second-order valence-corrected chi connectivity index (χ2v) is 30.2. The quantitative estimate of drug-likeness (QED) is 0.0244. The topological polar surface area (TPSA) is 558 Å². The lowest BCUT2D eigenvalue weighted by Crippen LogP contribution is -2.61. The van der Waals surface area contributed by atoms with Crippen LogP contribution in [0.25, 0.3) is 32.7 Å². The van der Waals surface area contributed by atoms with Gasteiger partial charge in [-0.15, -0.1) is 0 Å². The Bertz CT molecular complexity index is 4010. The van der Waals surface area contributed by atoms with Crippen LogP contribution in [0.1, 0.15) is 173 Å². The fraction of sp³-hybridized carbons (Fsp3) is 0.568. The number of aromatic amines is 3. The summed E-state index contributed by atoms with van der Waals surface area (Å²) in [4.78, 5) is 170. The van der Waals surface area contributed by atoms with Crippen LogP contribution in [0.2, 0.25) is 0 Å². The minimum Gasteiger partial charge on any atom is -0.480 e. The smallest absolute Gasteiger partial charge is 0.326 e. The van der Waals surface area contributed by atoms with Crippen molar-refractivity contribution in [1.82, 2.24) is 68.1 Å². The summed E-state index contributed by atoms with van der Waals surface area (Å²) < 4.78 is 0. The van der Waals surface area contributed by atoms with E-state index in [1.807, 2.05) is 100 Å². The minimum atomic E-state index is -1.45. The van der Waals surface area contributed by atoms with Gasteiger partial charge < -0.3 is 113 Å². The highest BCUT2D eigenvalue weighted by atomic mass is 16.4. The highest BCUT2D eigenvalue weighted by Crippen LogP contribution is 2.24. The van der Waals surface area contributed by atoms with Gasteiger partial charge in [-0.25, -0.2) is 4.79 Å². The molecule has 3 aromatic heterocycles. The summed E-state index contributed by atoms with van der Waals surface area (Å²) >= 11 is 0. The Morgan fingerprint density at radius 2 is 0.522 bits per heavy atom. The van der Waals surface area contributed by atoms with E-state index in [0.29, 0.717) is 113 Å². The van der Waals surface area contributed by atoms with Crippen LogP contribution in [0, 0.1) is 11.8 Å². The molecule has 11 atom stereocenters. The molecule has 0 unspecified atom stereocenters. The van der Waals surface area contributed by atoms with Crippen molar-refractivity contribution in [1.29, 1.82) is 0 Å². The molecule has 6 aromatic rings. The first-order chi connectivity index (χ1) is 54.3. The number of amides is 10. The number of carbonyl (C=O) groups is 11. The lowest BCUT2D eigenvalue weighted by Gasteiger charge is -2.29. The highest BCUT2D eigenvalue weighted by molar-refractivity contribution is 6.00. The molecule has 0 aliphatic rings. The van der Waals surface area contributed by atoms with Crippen molar-refractivity contribution in [3.63, 3.8) is 0 Å². The summed E-state index contributed by atoms with van der Waals surface area (Å²) in [5.74, 6) is -8.93. The molecule has 32 nitrogen and oxygen atoms in total. The molecule has 113 heavy (non-hydrogen) atoms. The number of aliphatic carboxylic acids is 1. The number of carboxylic acid groups (broad SMARTS) is 1. The van der Waals surface area contributed by atoms with Crippen molar-refractivity contribution >= 4 is 97.7 Å². The van der Waals surface area contributed by atoms with Crippen LogP contribution in [0.4, 0.5) is 0 Å². The second-order valence-electron chi connectivity index (χ2n) is 30.2. The fourth-order valence-corrected chi connectivity index (χ4v) is 13.8. The molecule has 3 heterocycles. The normalized spacial score (nSPS) is 14.5. The number of rotatable bonds is 55. The van der Waals surface area contributed by atoms with Crippen LogP contribution in [-0.4, -0.2) is 191 Å². The van der Waals surface area contributed by atoms with E-state index < -0.39 is 132 Å². The van der Waals surface area contributed by atoms with Crippen LogP contribution < -0.4 is 93.3 Å². The number of carbonyl (C=O) groups excluding carboxylic acids is 10. The molecular formula is C81H126N20O12. The second kappa shape index (κ2) is 48.9. The fourth-order valence-electron chi connectivity index (χ4n) is 13.8. The lowest BCUT2D eigenvalue weighted by atomic mass is 9.99. The minimum absolute atomic E-state index is 0.00142. The number of aromatic nitrogens is 3. The Morgan fingerprint density at radius 1 is 0.301 bits per heavy atom. The number of hydrogen-bond acceptors (Lipinski definition) is 18. The van der Waals surface area contributed by atoms with Crippen LogP contribution in [0.5, 0.6) is 0 Å². The molecule has 0 spiro atoms. The molecule has 622 valence electrons. The third-order valence-corrected chi connectivity index (χ3v) is 20.1. The maximum atomic E-state index is 15.4. The van der Waals surface area contributed by atoms with Crippen LogP contribution >= 0.6 is 0 Å². The number of carboxylic acids is 1. The molecule has 0 saturated heterocycles. The number of para-hydroxylation sites is 3. The third kappa shape index (κ3) is 30.2. The van der Waals surface area contributed by atoms with Gasteiger partial charge in [-0.1, -0.05) is 88.7 Å². The van der Waals surface area contributed by atoms with E-state index >= 15 is 28.8 Å². The van der Waals surface area contributed by atoms with Gasteiger partial charge in [0.1, 0.15) is 60.4 Å². The van der Waals surface area contributed by atoms with Crippen LogP contribution in [0.15, 0.2) is 91.4 Å². The average molecular weight is 1570 g/mol. The zero-order chi connectivity index (χ0) is 82.4. The predicted molar refractivity (Wildman–Crippen MR) is 437 cm³/mol. The van der Waals surface area contributed by atoms with E-state index in [4.69, 9.17) is 40.1 Å². The van der Waals surface area contributed by atoms with Crippen LogP contribution in [0.3, 0.4) is 0 Å². The van der Waals surface area contributed by atoms with E-state index in [0.717, 1.165) is 32.7 Å². The molecule has 0 radical (unpaired) electrons. The Morgan fingerprint density at radius 3 is 0.796 bits per heavy atom. The Hall–Kier alpha value is -9.83. The number of benzene rings is 3. The number of fused-ring (bicyclic) bond motifs is 3. The van der Waals surface area contributed by atoms with Gasteiger partial charge >= 0.3 is 5.97 Å². The number of hydrogen-bond donors (Lipinski definition) is 21. The number of unbranched alkanes of at least 4 members (excludes halogenated alkanes) is 6. The Labute approximate surface area is 661 Å². The van der Waals surface area contributed by atoms with Crippen molar-refractivity contribution in [2.24, 2.45) is 52.0 Å². The number of nitrogens with one attached hydrogen (secondary N) is 13. The summed E-state index contributed by atoms with van der Waals surface area (Å²) in [6, 6.07) is 7.97. The van der Waals surface area contributed by atoms with Gasteiger partial charge in [0.05, 0.1) is 6.04 Å². The molecule has 6 rings (SSSR count). The molecule has 0 aliphatic carbocycles. The van der Waals surface area contributed by atoms with Crippen molar-refractivity contribution in [2.45, 2.75) is 242 Å². The average Bonchev–Trinajstić information content (AvgIpc) is 1.72. The van der Waals surface area contributed by atoms with Gasteiger partial charge in [0.15, 0.2) is 0 Å². The maximum Gasteiger partial charge on any atom is 0.326 e. The van der Waals surface area contributed by atoms with E-state index in [1.165, 1.54) is 0 Å². The molecule has 0 bridgehead atoms. The predicted octanol–water partition coefficient (Wildman–Crippen LogP) is 2.28. The van der Waals surface area contributed by atoms with Crippen LogP contribution in [-0.2, 0) is 72.0 Å². The van der Waals surface area contributed by atoms with Gasteiger partial charge in [-0.2, -0.15) is 0 Å². The zero-order valence-electron chi connectivity index (χ0n) is 66.2. The molecule has 3 aromatic carbocycles. The van der Waals surface area contributed by atoms with Crippen molar-refractivity contribution in [3.05, 3.63) is 108 Å². The van der Waals surface area contributed by atoms with Crippen molar-refractivity contribution in [2.75, 3.05) is 39.3 Å². The molecule has 28 N–H and O–H groups in total. The summed E-state index contributed by atoms with van der Waals surface area (Å²) in [7, 11) is 0. The van der Waals surface area contributed by atoms with E-state index in [-0.39, 0.29) is 102 Å².